The van der Waals surface area contributed by atoms with Crippen molar-refractivity contribution in [2.45, 2.75) is 108 Å². The fourth-order valence-electron chi connectivity index (χ4n) is 4.26. The van der Waals surface area contributed by atoms with Crippen LogP contribution in [0, 0.1) is 5.92 Å². The Bertz CT molecular complexity index is 1120. The molecule has 2 amide bonds. The highest BCUT2D eigenvalue weighted by Gasteiger charge is 2.52. The van der Waals surface area contributed by atoms with Crippen molar-refractivity contribution in [3.05, 3.63) is 12.4 Å². The van der Waals surface area contributed by atoms with Crippen molar-refractivity contribution in [3.63, 3.8) is 0 Å². The minimum Gasteiger partial charge on any atom is -0.444 e. The number of alkyl carbamates (subject to hydrolysis) is 1. The second-order valence-corrected chi connectivity index (χ2v) is 14.5. The number of aromatic nitrogens is 2. The van der Waals surface area contributed by atoms with E-state index in [0.29, 0.717) is 24.8 Å². The molecule has 2 atom stereocenters. The highest BCUT2D eigenvalue weighted by atomic mass is 32.2. The summed E-state index contributed by atoms with van der Waals surface area (Å²) in [4.78, 5) is 35.4. The highest BCUT2D eigenvalue weighted by molar-refractivity contribution is 7.91. The Morgan fingerprint density at radius 1 is 1.13 bits per heavy atom. The minimum absolute atomic E-state index is 0.0112. The van der Waals surface area contributed by atoms with Gasteiger partial charge in [0.25, 0.3) is 0 Å². The molecular formula is C25H41BN4O7S. The summed E-state index contributed by atoms with van der Waals surface area (Å²) in [5, 5.41) is 1.48. The molecule has 0 saturated carbocycles. The van der Waals surface area contributed by atoms with E-state index in [1.807, 2.05) is 41.5 Å². The number of nitrogens with one attached hydrogen (secondary N) is 1. The molecule has 1 N–H and O–H groups in total. The van der Waals surface area contributed by atoms with Gasteiger partial charge in [-0.2, -0.15) is 0 Å². The van der Waals surface area contributed by atoms with Crippen molar-refractivity contribution < 1.29 is 32.1 Å². The summed E-state index contributed by atoms with van der Waals surface area (Å²) in [6.45, 7) is 16.9. The van der Waals surface area contributed by atoms with Gasteiger partial charge in [0.15, 0.2) is 0 Å². The zero-order chi connectivity index (χ0) is 28.7. The third-order valence-electron chi connectivity index (χ3n) is 7.16. The van der Waals surface area contributed by atoms with E-state index in [2.05, 4.69) is 15.3 Å². The Hall–Kier alpha value is -2.25. The van der Waals surface area contributed by atoms with Crippen LogP contribution in [0.1, 0.15) is 75.2 Å². The molecule has 212 valence electrons. The molecule has 1 aromatic rings. The van der Waals surface area contributed by atoms with Gasteiger partial charge in [-0.15, -0.1) is 0 Å². The predicted molar refractivity (Wildman–Crippen MR) is 143 cm³/mol. The number of amides is 2. The zero-order valence-corrected chi connectivity index (χ0v) is 24.7. The summed E-state index contributed by atoms with van der Waals surface area (Å²) < 4.78 is 44.1. The molecule has 0 aliphatic carbocycles. The van der Waals surface area contributed by atoms with Gasteiger partial charge in [-0.1, -0.05) is 13.8 Å². The standard InChI is InChI=1S/C25H41BN4O7S/c1-16(2)19(29-22(32)35-23(3,4)5)20(31)30-12-10-11-18(15-30)38(33,34)21-27-13-17(14-28-21)26-36-24(6,7)25(8,9)37-26/h13-14,16,18-19H,10-12,15H2,1-9H3,(H,29,32)/t18-,19+/m1/s1. The highest BCUT2D eigenvalue weighted by Crippen LogP contribution is 2.36. The molecule has 2 aliphatic heterocycles. The van der Waals surface area contributed by atoms with Crippen molar-refractivity contribution in [1.82, 2.24) is 20.2 Å². The van der Waals surface area contributed by atoms with Gasteiger partial charge in [-0.05, 0) is 67.2 Å². The van der Waals surface area contributed by atoms with Gasteiger partial charge >= 0.3 is 13.2 Å². The van der Waals surface area contributed by atoms with Crippen LogP contribution < -0.4 is 10.8 Å². The molecule has 1 aromatic heterocycles. The van der Waals surface area contributed by atoms with Gasteiger partial charge in [0.2, 0.25) is 20.9 Å². The summed E-state index contributed by atoms with van der Waals surface area (Å²) in [7, 11) is -4.62. The lowest BCUT2D eigenvalue weighted by molar-refractivity contribution is -0.135. The lowest BCUT2D eigenvalue weighted by Crippen LogP contribution is -2.55. The Morgan fingerprint density at radius 2 is 1.68 bits per heavy atom. The van der Waals surface area contributed by atoms with Crippen LogP contribution in [0.4, 0.5) is 4.79 Å². The smallest absolute Gasteiger partial charge is 0.444 e. The molecule has 3 rings (SSSR count). The number of rotatable bonds is 6. The topological polar surface area (TPSA) is 137 Å². The fourth-order valence-corrected chi connectivity index (χ4v) is 5.81. The van der Waals surface area contributed by atoms with Gasteiger partial charge in [-0.3, -0.25) is 4.79 Å². The maximum Gasteiger partial charge on any atom is 0.498 e. The number of carbonyl (C=O) groups excluding carboxylic acids is 2. The summed E-state index contributed by atoms with van der Waals surface area (Å²) in [5.74, 6) is -0.569. The van der Waals surface area contributed by atoms with Crippen molar-refractivity contribution in [2.75, 3.05) is 13.1 Å². The predicted octanol–water partition coefficient (Wildman–Crippen LogP) is 2.09. The molecule has 0 spiro atoms. The Labute approximate surface area is 226 Å². The molecular weight excluding hydrogens is 511 g/mol. The summed E-state index contributed by atoms with van der Waals surface area (Å²) in [6, 6.07) is -0.846. The SMILES string of the molecule is CC(C)[C@H](NC(=O)OC(C)(C)C)C(=O)N1CCC[C@@H](S(=O)(=O)c2ncc(B3OC(C)(C)C(C)(C)O3)cn2)C1. The Morgan fingerprint density at radius 3 is 2.18 bits per heavy atom. The zero-order valence-electron chi connectivity index (χ0n) is 23.9. The molecule has 13 heteroatoms. The Kier molecular flexibility index (Phi) is 8.55. The Balaban J connectivity index is 1.72. The van der Waals surface area contributed by atoms with Crippen molar-refractivity contribution in [3.8, 4) is 0 Å². The van der Waals surface area contributed by atoms with E-state index < -0.39 is 51.1 Å². The fraction of sp³-hybridized carbons (Fsp3) is 0.760. The monoisotopic (exact) mass is 552 g/mol. The van der Waals surface area contributed by atoms with Crippen LogP contribution in [0.5, 0.6) is 0 Å². The van der Waals surface area contributed by atoms with Crippen LogP contribution in [-0.2, 0) is 28.7 Å². The third kappa shape index (κ3) is 6.66. The first kappa shape index (κ1) is 30.3. The first-order valence-electron chi connectivity index (χ1n) is 13.0. The van der Waals surface area contributed by atoms with Gasteiger partial charge in [0.05, 0.1) is 16.5 Å². The average molecular weight is 553 g/mol. The summed E-state index contributed by atoms with van der Waals surface area (Å²) in [5.41, 5.74) is -1.29. The number of hydrogen-bond acceptors (Lipinski definition) is 9. The van der Waals surface area contributed by atoms with E-state index in [1.54, 1.807) is 20.8 Å². The number of piperidine rings is 1. The number of sulfone groups is 1. The van der Waals surface area contributed by atoms with Gasteiger partial charge in [-0.25, -0.2) is 23.2 Å². The van der Waals surface area contributed by atoms with Crippen molar-refractivity contribution >= 4 is 34.4 Å². The van der Waals surface area contributed by atoms with E-state index in [0.717, 1.165) is 0 Å². The first-order chi connectivity index (χ1) is 17.3. The van der Waals surface area contributed by atoms with Crippen molar-refractivity contribution in [1.29, 1.82) is 0 Å². The molecule has 11 nitrogen and oxygen atoms in total. The van der Waals surface area contributed by atoms with Crippen molar-refractivity contribution in [2.24, 2.45) is 5.92 Å². The second-order valence-electron chi connectivity index (χ2n) is 12.3. The summed E-state index contributed by atoms with van der Waals surface area (Å²) >= 11 is 0. The molecule has 2 fully saturated rings. The quantitative estimate of drug-likeness (QED) is 0.415. The number of hydrogen-bond donors (Lipinski definition) is 1. The molecule has 0 aromatic carbocycles. The largest absolute Gasteiger partial charge is 0.498 e. The first-order valence-corrected chi connectivity index (χ1v) is 14.6. The van der Waals surface area contributed by atoms with Gasteiger partial charge in [0.1, 0.15) is 11.6 Å². The van der Waals surface area contributed by atoms with Crippen LogP contribution in [-0.4, -0.2) is 83.6 Å². The second kappa shape index (κ2) is 10.7. The van der Waals surface area contributed by atoms with Crippen LogP contribution in [0.2, 0.25) is 0 Å². The van der Waals surface area contributed by atoms with E-state index >= 15 is 0 Å². The average Bonchev–Trinajstić information content (AvgIpc) is 3.02. The lowest BCUT2D eigenvalue weighted by atomic mass is 9.81. The number of ether oxygens (including phenoxy) is 1. The van der Waals surface area contributed by atoms with Crippen LogP contribution in [0.25, 0.3) is 0 Å². The number of nitrogens with zero attached hydrogens (tertiary/aromatic N) is 3. The number of likely N-dealkylation sites (tertiary alicyclic amines) is 1. The maximum atomic E-state index is 13.4. The van der Waals surface area contributed by atoms with Gasteiger partial charge < -0.3 is 24.3 Å². The summed E-state index contributed by atoms with van der Waals surface area (Å²) in [6.07, 6.45) is 3.00. The molecule has 0 bridgehead atoms. The third-order valence-corrected chi connectivity index (χ3v) is 9.14. The molecule has 0 radical (unpaired) electrons. The van der Waals surface area contributed by atoms with Crippen LogP contribution >= 0.6 is 0 Å². The van der Waals surface area contributed by atoms with E-state index in [-0.39, 0.29) is 23.5 Å². The van der Waals surface area contributed by atoms with E-state index in [9.17, 15) is 18.0 Å². The number of carbonyl (C=O) groups is 2. The van der Waals surface area contributed by atoms with Gasteiger partial charge in [0, 0.05) is 30.9 Å². The normalized spacial score (nSPS) is 22.3. The molecule has 2 aliphatic rings. The molecule has 38 heavy (non-hydrogen) atoms. The van der Waals surface area contributed by atoms with E-state index in [4.69, 9.17) is 14.0 Å². The minimum atomic E-state index is -3.92. The van der Waals surface area contributed by atoms with Crippen LogP contribution in [0.3, 0.4) is 0 Å². The van der Waals surface area contributed by atoms with E-state index in [1.165, 1.54) is 17.3 Å². The maximum absolute atomic E-state index is 13.4. The molecule has 3 heterocycles. The van der Waals surface area contributed by atoms with Crippen LogP contribution in [0.15, 0.2) is 17.6 Å². The molecule has 0 unspecified atom stereocenters. The lowest BCUT2D eigenvalue weighted by Gasteiger charge is -2.35. The molecule has 2 saturated heterocycles.